The van der Waals surface area contributed by atoms with Gasteiger partial charge in [-0.1, -0.05) is 33.1 Å². The zero-order chi connectivity index (χ0) is 13.2. The van der Waals surface area contributed by atoms with E-state index in [0.717, 1.165) is 24.8 Å². The first-order valence-corrected chi connectivity index (χ1v) is 7.94. The fourth-order valence-electron chi connectivity index (χ4n) is 3.19. The lowest BCUT2D eigenvalue weighted by Gasteiger charge is -2.34. The van der Waals surface area contributed by atoms with Gasteiger partial charge in [0.25, 0.3) is 0 Å². The zero-order valence-corrected chi connectivity index (χ0v) is 12.6. The first kappa shape index (κ1) is 15.6. The third-order valence-electron chi connectivity index (χ3n) is 4.45. The lowest BCUT2D eigenvalue weighted by Crippen LogP contribution is -2.38. The maximum Gasteiger partial charge on any atom is 0.0104 e. The average molecular weight is 249 g/mol. The Morgan fingerprint density at radius 1 is 1.17 bits per heavy atom. The maximum absolute atomic E-state index is 3.76. The average Bonchev–Trinajstić information content (AvgIpc) is 2.43. The minimum atomic E-state index is 0.712. The van der Waals surface area contributed by atoms with E-state index in [-0.39, 0.29) is 0 Å². The Labute approximate surface area is 114 Å². The topological polar surface area (TPSA) is 12.0 Å². The van der Waals surface area contributed by atoms with Gasteiger partial charge in [-0.2, -0.15) is 0 Å². The van der Waals surface area contributed by atoms with Gasteiger partial charge < -0.3 is 5.32 Å². The highest BCUT2D eigenvalue weighted by atomic mass is 14.9. The molecule has 1 aliphatic rings. The van der Waals surface area contributed by atoms with Crippen molar-refractivity contribution in [3.05, 3.63) is 0 Å². The normalized spacial score (nSPS) is 25.3. The molecule has 0 radical (unpaired) electrons. The Kier molecular flexibility index (Phi) is 8.18. The van der Waals surface area contributed by atoms with Crippen LogP contribution < -0.4 is 5.32 Å². The molecule has 1 heteroatoms. The van der Waals surface area contributed by atoms with E-state index in [2.05, 4.69) is 31.0 Å². The van der Waals surface area contributed by atoms with Crippen molar-refractivity contribution < 1.29 is 0 Å². The van der Waals surface area contributed by atoms with Crippen LogP contribution in [0, 0.1) is 23.7 Å². The van der Waals surface area contributed by atoms with Crippen LogP contribution in [-0.2, 0) is 0 Å². The first-order chi connectivity index (χ1) is 8.81. The smallest absolute Gasteiger partial charge is 0.0104 e. The molecule has 1 atom stereocenters. The second-order valence-corrected chi connectivity index (χ2v) is 5.72. The van der Waals surface area contributed by atoms with Crippen LogP contribution in [-0.4, -0.2) is 12.6 Å². The van der Waals surface area contributed by atoms with Gasteiger partial charge in [0, 0.05) is 12.5 Å². The molecule has 1 fully saturated rings. The summed E-state index contributed by atoms with van der Waals surface area (Å²) in [5.41, 5.74) is 0. The fraction of sp³-hybridized carbons (Fsp3) is 0.882. The molecule has 1 nitrogen and oxygen atoms in total. The minimum Gasteiger partial charge on any atom is -0.314 e. The highest BCUT2D eigenvalue weighted by Crippen LogP contribution is 2.33. The molecule has 1 saturated carbocycles. The van der Waals surface area contributed by atoms with Gasteiger partial charge in [0.05, 0.1) is 0 Å². The van der Waals surface area contributed by atoms with Crippen molar-refractivity contribution in [1.82, 2.24) is 5.32 Å². The van der Waals surface area contributed by atoms with Gasteiger partial charge in [-0.15, -0.1) is 11.8 Å². The second-order valence-electron chi connectivity index (χ2n) is 5.72. The molecular weight excluding hydrogens is 218 g/mol. The van der Waals surface area contributed by atoms with E-state index in [4.69, 9.17) is 0 Å². The van der Waals surface area contributed by atoms with Crippen LogP contribution in [0.25, 0.3) is 0 Å². The molecule has 104 valence electrons. The maximum atomic E-state index is 3.76. The predicted molar refractivity (Wildman–Crippen MR) is 80.5 cm³/mol. The fourth-order valence-corrected chi connectivity index (χ4v) is 3.19. The Balaban J connectivity index is 2.40. The summed E-state index contributed by atoms with van der Waals surface area (Å²) >= 11 is 0. The molecule has 0 heterocycles. The lowest BCUT2D eigenvalue weighted by molar-refractivity contribution is 0.212. The molecular formula is C17H31N. The molecule has 18 heavy (non-hydrogen) atoms. The minimum absolute atomic E-state index is 0.712. The Morgan fingerprint density at radius 2 is 1.89 bits per heavy atom. The monoisotopic (exact) mass is 249 g/mol. The molecule has 0 saturated heterocycles. The summed E-state index contributed by atoms with van der Waals surface area (Å²) < 4.78 is 0. The van der Waals surface area contributed by atoms with Crippen LogP contribution in [0.1, 0.15) is 72.1 Å². The van der Waals surface area contributed by atoms with Gasteiger partial charge in [0.2, 0.25) is 0 Å². The third kappa shape index (κ3) is 5.44. The molecule has 1 unspecified atom stereocenters. The van der Waals surface area contributed by atoms with Crippen molar-refractivity contribution in [2.45, 2.75) is 78.2 Å². The van der Waals surface area contributed by atoms with E-state index in [1.165, 1.54) is 44.9 Å². The van der Waals surface area contributed by atoms with Crippen molar-refractivity contribution in [2.75, 3.05) is 6.54 Å². The number of hydrogen-bond donors (Lipinski definition) is 1. The van der Waals surface area contributed by atoms with Crippen molar-refractivity contribution in [3.63, 3.8) is 0 Å². The van der Waals surface area contributed by atoms with Crippen molar-refractivity contribution in [1.29, 1.82) is 0 Å². The third-order valence-corrected chi connectivity index (χ3v) is 4.45. The summed E-state index contributed by atoms with van der Waals surface area (Å²) in [4.78, 5) is 0. The Hall–Kier alpha value is -0.480. The Bertz CT molecular complexity index is 253. The second kappa shape index (κ2) is 9.45. The van der Waals surface area contributed by atoms with Crippen LogP contribution in [0.3, 0.4) is 0 Å². The zero-order valence-electron chi connectivity index (χ0n) is 12.6. The van der Waals surface area contributed by atoms with Crippen LogP contribution in [0.2, 0.25) is 0 Å². The molecule has 0 aromatic heterocycles. The standard InChI is InChI=1S/C17H31N/c1-4-7-8-9-17(18-14-5-2)16-12-10-15(6-3)11-13-16/h15-18H,5-6,8-14H2,1-3H3. The van der Waals surface area contributed by atoms with Crippen molar-refractivity contribution >= 4 is 0 Å². The molecule has 0 bridgehead atoms. The molecule has 0 aromatic rings. The quantitative estimate of drug-likeness (QED) is 0.660. The van der Waals surface area contributed by atoms with E-state index in [1.807, 2.05) is 6.92 Å². The number of hydrogen-bond acceptors (Lipinski definition) is 1. The summed E-state index contributed by atoms with van der Waals surface area (Å²) in [6, 6.07) is 0.712. The SMILES string of the molecule is CC#CCCC(NCCC)C1CCC(CC)CC1. The van der Waals surface area contributed by atoms with Gasteiger partial charge in [-0.05, 0) is 51.0 Å². The van der Waals surface area contributed by atoms with Crippen molar-refractivity contribution in [3.8, 4) is 11.8 Å². The first-order valence-electron chi connectivity index (χ1n) is 7.94. The van der Waals surface area contributed by atoms with Gasteiger partial charge in [0.15, 0.2) is 0 Å². The van der Waals surface area contributed by atoms with Crippen LogP contribution >= 0.6 is 0 Å². The molecule has 1 aliphatic carbocycles. The molecule has 0 amide bonds. The van der Waals surface area contributed by atoms with E-state index < -0.39 is 0 Å². The van der Waals surface area contributed by atoms with Crippen LogP contribution in [0.4, 0.5) is 0 Å². The van der Waals surface area contributed by atoms with Crippen LogP contribution in [0.5, 0.6) is 0 Å². The summed E-state index contributed by atoms with van der Waals surface area (Å²) in [7, 11) is 0. The summed E-state index contributed by atoms with van der Waals surface area (Å²) in [5.74, 6) is 8.15. The Morgan fingerprint density at radius 3 is 2.44 bits per heavy atom. The summed E-state index contributed by atoms with van der Waals surface area (Å²) in [6.07, 6.45) is 10.7. The lowest BCUT2D eigenvalue weighted by atomic mass is 9.76. The van der Waals surface area contributed by atoms with Gasteiger partial charge in [-0.25, -0.2) is 0 Å². The number of rotatable bonds is 7. The largest absolute Gasteiger partial charge is 0.314 e. The highest BCUT2D eigenvalue weighted by molar-refractivity contribution is 4.96. The molecule has 0 aromatic carbocycles. The van der Waals surface area contributed by atoms with Crippen molar-refractivity contribution in [2.24, 2.45) is 11.8 Å². The van der Waals surface area contributed by atoms with Crippen LogP contribution in [0.15, 0.2) is 0 Å². The highest BCUT2D eigenvalue weighted by Gasteiger charge is 2.26. The molecule has 0 aliphatic heterocycles. The van der Waals surface area contributed by atoms with E-state index in [0.29, 0.717) is 6.04 Å². The number of nitrogens with one attached hydrogen (secondary N) is 1. The van der Waals surface area contributed by atoms with E-state index in [9.17, 15) is 0 Å². The van der Waals surface area contributed by atoms with E-state index in [1.54, 1.807) is 0 Å². The summed E-state index contributed by atoms with van der Waals surface area (Å²) in [6.45, 7) is 7.71. The molecule has 1 rings (SSSR count). The van der Waals surface area contributed by atoms with Gasteiger partial charge in [0.1, 0.15) is 0 Å². The predicted octanol–water partition coefficient (Wildman–Crippen LogP) is 4.37. The van der Waals surface area contributed by atoms with E-state index >= 15 is 0 Å². The van der Waals surface area contributed by atoms with Gasteiger partial charge >= 0.3 is 0 Å². The van der Waals surface area contributed by atoms with Gasteiger partial charge in [-0.3, -0.25) is 0 Å². The molecule has 0 spiro atoms. The summed E-state index contributed by atoms with van der Waals surface area (Å²) in [5, 5.41) is 3.76. The molecule has 1 N–H and O–H groups in total.